The molecule has 7 nitrogen and oxygen atoms in total. The Balaban J connectivity index is 1.31. The van der Waals surface area contributed by atoms with Crippen molar-refractivity contribution < 1.29 is 17.6 Å². The topological polar surface area (TPSA) is 92.5 Å². The van der Waals surface area contributed by atoms with E-state index in [1.165, 1.54) is 10.4 Å². The predicted molar refractivity (Wildman–Crippen MR) is 129 cm³/mol. The van der Waals surface area contributed by atoms with Crippen molar-refractivity contribution in [2.24, 2.45) is 5.92 Å². The van der Waals surface area contributed by atoms with Gasteiger partial charge in [0.05, 0.1) is 10.3 Å². The molecule has 2 aromatic carbocycles. The maximum atomic E-state index is 13.0. The van der Waals surface area contributed by atoms with E-state index in [1.54, 1.807) is 18.2 Å². The van der Waals surface area contributed by atoms with Gasteiger partial charge in [0, 0.05) is 24.3 Å². The number of amides is 1. The third-order valence-electron chi connectivity index (χ3n) is 5.57. The van der Waals surface area contributed by atoms with Gasteiger partial charge in [-0.3, -0.25) is 4.79 Å². The number of rotatable bonds is 5. The molecule has 1 fully saturated rings. The number of fused-ring (bicyclic) bond motifs is 1. The zero-order chi connectivity index (χ0) is 23.0. The van der Waals surface area contributed by atoms with E-state index >= 15 is 0 Å². The number of hydrogen-bond donors (Lipinski definition) is 1. The number of hydrogen-bond acceptors (Lipinski definition) is 6. The largest absolute Gasteiger partial charge is 0.436 e. The third-order valence-corrected chi connectivity index (χ3v) is 9.13. The van der Waals surface area contributed by atoms with E-state index in [-0.39, 0.29) is 16.7 Å². The number of carbonyl (C=O) groups excluding carboxylic acids is 1. The number of sulfonamides is 1. The first-order valence-electron chi connectivity index (χ1n) is 10.4. The lowest BCUT2D eigenvalue weighted by molar-refractivity contribution is -0.120. The number of anilines is 1. The van der Waals surface area contributed by atoms with E-state index in [1.807, 2.05) is 36.4 Å². The number of nitrogens with one attached hydrogen (secondary N) is 1. The van der Waals surface area contributed by atoms with Crippen LogP contribution in [0.25, 0.3) is 22.6 Å². The van der Waals surface area contributed by atoms with Crippen LogP contribution in [0.5, 0.6) is 0 Å². The fourth-order valence-electron chi connectivity index (χ4n) is 3.91. The summed E-state index contributed by atoms with van der Waals surface area (Å²) in [6.07, 6.45) is 1.23. The van der Waals surface area contributed by atoms with Gasteiger partial charge in [0.2, 0.25) is 11.8 Å². The van der Waals surface area contributed by atoms with Crippen LogP contribution in [0.2, 0.25) is 4.34 Å². The number of benzene rings is 2. The fraction of sp³-hybridized carbons (Fsp3) is 0.217. The predicted octanol–water partition coefficient (Wildman–Crippen LogP) is 5.25. The highest BCUT2D eigenvalue weighted by molar-refractivity contribution is 7.91. The van der Waals surface area contributed by atoms with Crippen LogP contribution in [0.1, 0.15) is 12.8 Å². The number of nitrogens with zero attached hydrogens (tertiary/aromatic N) is 2. The average Bonchev–Trinajstić information content (AvgIpc) is 3.46. The number of piperidine rings is 1. The highest BCUT2D eigenvalue weighted by Gasteiger charge is 2.34. The average molecular weight is 502 g/mol. The molecular formula is C23H20ClN3O4S2. The first-order chi connectivity index (χ1) is 15.9. The van der Waals surface area contributed by atoms with Gasteiger partial charge in [-0.25, -0.2) is 13.4 Å². The molecule has 1 unspecified atom stereocenters. The molecule has 0 bridgehead atoms. The van der Waals surface area contributed by atoms with Crippen molar-refractivity contribution in [3.63, 3.8) is 0 Å². The van der Waals surface area contributed by atoms with E-state index in [9.17, 15) is 13.2 Å². The standard InChI is InChI=1S/C23H20ClN3O4S2/c24-20-10-11-21(32-20)33(29,30)27-12-4-6-16(14-27)22(28)25-17-7-3-5-15(13-17)23-26-18-8-1-2-9-19(18)31-23/h1-3,5,7-11,13,16H,4,6,12,14H2,(H,25,28). The molecule has 0 spiro atoms. The zero-order valence-corrected chi connectivity index (χ0v) is 19.8. The van der Waals surface area contributed by atoms with Crippen molar-refractivity contribution >= 4 is 55.7 Å². The fourth-order valence-corrected chi connectivity index (χ4v) is 7.07. The van der Waals surface area contributed by atoms with Gasteiger partial charge in [-0.05, 0) is 55.3 Å². The van der Waals surface area contributed by atoms with E-state index in [0.717, 1.165) is 22.4 Å². The Bertz CT molecular complexity index is 1400. The monoisotopic (exact) mass is 501 g/mol. The minimum atomic E-state index is -3.67. The summed E-state index contributed by atoms with van der Waals surface area (Å²) in [6.45, 7) is 0.517. The van der Waals surface area contributed by atoms with Gasteiger partial charge in [-0.15, -0.1) is 11.3 Å². The van der Waals surface area contributed by atoms with Gasteiger partial charge in [-0.2, -0.15) is 4.31 Å². The lowest BCUT2D eigenvalue weighted by Gasteiger charge is -2.30. The molecule has 5 rings (SSSR count). The van der Waals surface area contributed by atoms with Crippen molar-refractivity contribution in [2.75, 3.05) is 18.4 Å². The summed E-state index contributed by atoms with van der Waals surface area (Å²) in [6, 6.07) is 17.8. The number of thiophene rings is 1. The summed E-state index contributed by atoms with van der Waals surface area (Å²) in [7, 11) is -3.67. The molecule has 1 amide bonds. The lowest BCUT2D eigenvalue weighted by atomic mass is 9.98. The summed E-state index contributed by atoms with van der Waals surface area (Å²) in [4.78, 5) is 17.5. The summed E-state index contributed by atoms with van der Waals surface area (Å²) >= 11 is 6.94. The number of aromatic nitrogens is 1. The van der Waals surface area contributed by atoms with Crippen LogP contribution in [0.15, 0.2) is 69.3 Å². The molecule has 3 heterocycles. The van der Waals surface area contributed by atoms with E-state index in [4.69, 9.17) is 16.0 Å². The van der Waals surface area contributed by atoms with E-state index in [0.29, 0.717) is 40.9 Å². The smallest absolute Gasteiger partial charge is 0.252 e. The van der Waals surface area contributed by atoms with Crippen LogP contribution in [-0.2, 0) is 14.8 Å². The second kappa shape index (κ2) is 8.90. The third kappa shape index (κ3) is 4.54. The molecule has 10 heteroatoms. The van der Waals surface area contributed by atoms with Crippen molar-refractivity contribution in [2.45, 2.75) is 17.1 Å². The van der Waals surface area contributed by atoms with Gasteiger partial charge in [0.15, 0.2) is 5.58 Å². The van der Waals surface area contributed by atoms with Gasteiger partial charge >= 0.3 is 0 Å². The molecule has 0 radical (unpaired) electrons. The maximum Gasteiger partial charge on any atom is 0.252 e. The normalized spacial score (nSPS) is 17.3. The summed E-state index contributed by atoms with van der Waals surface area (Å²) in [5.74, 6) is -0.192. The van der Waals surface area contributed by atoms with Crippen molar-refractivity contribution in [3.8, 4) is 11.5 Å². The molecule has 170 valence electrons. The van der Waals surface area contributed by atoms with Gasteiger partial charge < -0.3 is 9.73 Å². The molecule has 2 aromatic heterocycles. The number of oxazole rings is 1. The zero-order valence-electron chi connectivity index (χ0n) is 17.4. The highest BCUT2D eigenvalue weighted by atomic mass is 35.5. The Morgan fingerprint density at radius 2 is 2.00 bits per heavy atom. The summed E-state index contributed by atoms with van der Waals surface area (Å²) < 4.78 is 33.7. The number of para-hydroxylation sites is 2. The Labute approximate surface area is 200 Å². The molecular weight excluding hydrogens is 482 g/mol. The van der Waals surface area contributed by atoms with Crippen molar-refractivity contribution in [3.05, 3.63) is 65.0 Å². The Morgan fingerprint density at radius 3 is 2.79 bits per heavy atom. The Hall–Kier alpha value is -2.72. The first-order valence-corrected chi connectivity index (χ1v) is 13.1. The van der Waals surface area contributed by atoms with Crippen LogP contribution in [-0.4, -0.2) is 36.7 Å². The second-order valence-corrected chi connectivity index (χ2v) is 11.7. The Morgan fingerprint density at radius 1 is 1.15 bits per heavy atom. The Kier molecular flexibility index (Phi) is 5.96. The number of carbonyl (C=O) groups is 1. The summed E-state index contributed by atoms with van der Waals surface area (Å²) in [5.41, 5.74) is 2.80. The molecule has 0 aliphatic carbocycles. The van der Waals surface area contributed by atoms with Crippen LogP contribution in [0.4, 0.5) is 5.69 Å². The number of halogens is 1. The quantitative estimate of drug-likeness (QED) is 0.403. The highest BCUT2D eigenvalue weighted by Crippen LogP contribution is 2.31. The summed E-state index contributed by atoms with van der Waals surface area (Å²) in [5, 5.41) is 2.92. The van der Waals surface area contributed by atoms with E-state index < -0.39 is 15.9 Å². The SMILES string of the molecule is O=C(Nc1cccc(-c2nc3ccccc3o2)c1)C1CCCN(S(=O)(=O)c2ccc(Cl)s2)C1. The van der Waals surface area contributed by atoms with Gasteiger partial charge in [0.1, 0.15) is 9.73 Å². The minimum absolute atomic E-state index is 0.133. The maximum absolute atomic E-state index is 13.0. The molecule has 0 saturated carbocycles. The van der Waals surface area contributed by atoms with Crippen LogP contribution in [0, 0.1) is 5.92 Å². The van der Waals surface area contributed by atoms with Crippen LogP contribution < -0.4 is 5.32 Å². The molecule has 4 aromatic rings. The molecule has 1 aliphatic heterocycles. The molecule has 1 aliphatic rings. The van der Waals surface area contributed by atoms with Gasteiger partial charge in [-0.1, -0.05) is 29.8 Å². The molecule has 1 saturated heterocycles. The van der Waals surface area contributed by atoms with E-state index in [2.05, 4.69) is 10.3 Å². The van der Waals surface area contributed by atoms with Crippen LogP contribution >= 0.6 is 22.9 Å². The molecule has 33 heavy (non-hydrogen) atoms. The van der Waals surface area contributed by atoms with Gasteiger partial charge in [0.25, 0.3) is 10.0 Å². The lowest BCUT2D eigenvalue weighted by Crippen LogP contribution is -2.43. The molecule has 1 N–H and O–H groups in total. The first kappa shape index (κ1) is 22.1. The van der Waals surface area contributed by atoms with Crippen LogP contribution in [0.3, 0.4) is 0 Å². The van der Waals surface area contributed by atoms with Crippen molar-refractivity contribution in [1.29, 1.82) is 0 Å². The van der Waals surface area contributed by atoms with Crippen molar-refractivity contribution in [1.82, 2.24) is 9.29 Å². The molecule has 1 atom stereocenters. The second-order valence-electron chi connectivity index (χ2n) is 7.82. The minimum Gasteiger partial charge on any atom is -0.436 e.